The van der Waals surface area contributed by atoms with Crippen LogP contribution >= 0.6 is 11.6 Å². The summed E-state index contributed by atoms with van der Waals surface area (Å²) in [4.78, 5) is 27.4. The molecule has 0 aliphatic carbocycles. The number of ether oxygens (including phenoxy) is 1. The van der Waals surface area contributed by atoms with Gasteiger partial charge in [-0.05, 0) is 37.3 Å². The molecule has 1 fully saturated rings. The number of nitrogens with zero attached hydrogens (tertiary/aromatic N) is 5. The van der Waals surface area contributed by atoms with Crippen LogP contribution in [0.5, 0.6) is 0 Å². The zero-order chi connectivity index (χ0) is 29.0. The lowest BCUT2D eigenvalue weighted by Crippen LogP contribution is -2.36. The minimum absolute atomic E-state index is 0.104. The molecular weight excluding hydrogens is 565 g/mol. The number of nitrogens with one attached hydrogen (secondary N) is 5. The van der Waals surface area contributed by atoms with Gasteiger partial charge in [0, 0.05) is 35.9 Å². The van der Waals surface area contributed by atoms with Crippen LogP contribution in [0.2, 0.25) is 5.02 Å². The molecule has 0 bridgehead atoms. The fraction of sp³-hybridized carbons (Fsp3) is 0.240. The number of H-pyrrole nitrogens is 1. The zero-order valence-corrected chi connectivity index (χ0v) is 22.3. The molecule has 0 spiro atoms. The Balaban J connectivity index is 1.20. The minimum atomic E-state index is -4.70. The number of rotatable bonds is 7. The van der Waals surface area contributed by atoms with Gasteiger partial charge in [0.25, 0.3) is 0 Å². The lowest BCUT2D eigenvalue weighted by Gasteiger charge is -2.26. The first-order chi connectivity index (χ1) is 19.6. The molecular formula is C25H24ClF3N10O2. The summed E-state index contributed by atoms with van der Waals surface area (Å²) in [5.41, 5.74) is -0.294. The van der Waals surface area contributed by atoms with E-state index in [0.717, 1.165) is 31.0 Å². The van der Waals surface area contributed by atoms with Gasteiger partial charge in [-0.25, -0.2) is 14.8 Å². The van der Waals surface area contributed by atoms with Gasteiger partial charge in [-0.3, -0.25) is 10.4 Å². The highest BCUT2D eigenvalue weighted by Gasteiger charge is 2.34. The van der Waals surface area contributed by atoms with Gasteiger partial charge >= 0.3 is 12.2 Å². The van der Waals surface area contributed by atoms with E-state index in [2.05, 4.69) is 51.3 Å². The second-order valence-corrected chi connectivity index (χ2v) is 9.34. The highest BCUT2D eigenvalue weighted by Crippen LogP contribution is 2.36. The third-order valence-corrected chi connectivity index (χ3v) is 6.05. The van der Waals surface area contributed by atoms with E-state index in [1.807, 2.05) is 13.0 Å². The number of aromatic nitrogens is 5. The third kappa shape index (κ3) is 7.32. The van der Waals surface area contributed by atoms with Gasteiger partial charge in [0.2, 0.25) is 5.95 Å². The summed E-state index contributed by atoms with van der Waals surface area (Å²) >= 11 is 5.68. The number of alkyl halides is 3. The van der Waals surface area contributed by atoms with Crippen molar-refractivity contribution in [1.82, 2.24) is 25.1 Å². The maximum atomic E-state index is 13.3. The summed E-state index contributed by atoms with van der Waals surface area (Å²) in [6.07, 6.45) is -3.28. The number of urea groups is 1. The summed E-state index contributed by atoms with van der Waals surface area (Å²) in [5, 5.41) is 18.0. The number of halogens is 4. The summed E-state index contributed by atoms with van der Waals surface area (Å²) in [7, 11) is 0. The molecule has 5 rings (SSSR count). The first-order valence-corrected chi connectivity index (χ1v) is 12.7. The van der Waals surface area contributed by atoms with Gasteiger partial charge in [0.05, 0.1) is 36.3 Å². The number of pyridine rings is 1. The molecule has 4 aromatic rings. The van der Waals surface area contributed by atoms with Crippen LogP contribution in [0.3, 0.4) is 0 Å². The average molecular weight is 589 g/mol. The van der Waals surface area contributed by atoms with Crippen LogP contribution in [0.15, 0.2) is 48.7 Å². The van der Waals surface area contributed by atoms with Crippen LogP contribution in [0.25, 0.3) is 0 Å². The van der Waals surface area contributed by atoms with E-state index in [-0.39, 0.29) is 10.8 Å². The first kappa shape index (κ1) is 27.9. The summed E-state index contributed by atoms with van der Waals surface area (Å²) in [5.74, 6) is 2.40. The normalized spacial score (nSPS) is 13.5. The first-order valence-electron chi connectivity index (χ1n) is 12.3. The number of carbonyl (C=O) groups excluding carboxylic acids is 1. The fourth-order valence-electron chi connectivity index (χ4n) is 3.96. The third-order valence-electron chi connectivity index (χ3n) is 5.81. The highest BCUT2D eigenvalue weighted by molar-refractivity contribution is 6.30. The van der Waals surface area contributed by atoms with Crippen molar-refractivity contribution in [2.24, 2.45) is 0 Å². The van der Waals surface area contributed by atoms with Crippen molar-refractivity contribution in [2.45, 2.75) is 13.1 Å². The largest absolute Gasteiger partial charge is 0.418 e. The van der Waals surface area contributed by atoms with Crippen molar-refractivity contribution in [3.05, 3.63) is 64.9 Å². The predicted molar refractivity (Wildman–Crippen MR) is 148 cm³/mol. The van der Waals surface area contributed by atoms with Crippen LogP contribution < -0.4 is 26.2 Å². The van der Waals surface area contributed by atoms with E-state index in [1.54, 1.807) is 12.1 Å². The molecule has 16 heteroatoms. The molecule has 1 aliphatic rings. The number of anilines is 7. The molecule has 2 amide bonds. The minimum Gasteiger partial charge on any atom is -0.378 e. The molecule has 1 saturated heterocycles. The zero-order valence-electron chi connectivity index (χ0n) is 21.5. The van der Waals surface area contributed by atoms with Crippen molar-refractivity contribution in [3.8, 4) is 0 Å². The number of hydrogen-bond acceptors (Lipinski definition) is 9. The number of amides is 2. The van der Waals surface area contributed by atoms with Crippen LogP contribution in [0, 0.1) is 6.92 Å². The Morgan fingerprint density at radius 2 is 1.83 bits per heavy atom. The fourth-order valence-corrected chi connectivity index (χ4v) is 4.13. The smallest absolute Gasteiger partial charge is 0.378 e. The van der Waals surface area contributed by atoms with Gasteiger partial charge in [0.15, 0.2) is 5.82 Å². The Morgan fingerprint density at radius 1 is 1.02 bits per heavy atom. The Bertz CT molecular complexity index is 1530. The van der Waals surface area contributed by atoms with Crippen LogP contribution in [0.1, 0.15) is 11.3 Å². The molecule has 1 aliphatic heterocycles. The van der Waals surface area contributed by atoms with Gasteiger partial charge in [-0.1, -0.05) is 11.6 Å². The van der Waals surface area contributed by atoms with E-state index in [4.69, 9.17) is 16.3 Å². The molecule has 1 aromatic carbocycles. The van der Waals surface area contributed by atoms with Crippen molar-refractivity contribution in [1.29, 1.82) is 0 Å². The van der Waals surface area contributed by atoms with Gasteiger partial charge in [-0.2, -0.15) is 23.3 Å². The molecule has 12 nitrogen and oxygen atoms in total. The van der Waals surface area contributed by atoms with Crippen molar-refractivity contribution in [3.63, 3.8) is 0 Å². The average Bonchev–Trinajstić information content (AvgIpc) is 3.39. The highest BCUT2D eigenvalue weighted by atomic mass is 35.5. The molecule has 41 heavy (non-hydrogen) atoms. The second kappa shape index (κ2) is 11.9. The quantitative estimate of drug-likeness (QED) is 0.188. The lowest BCUT2D eigenvalue weighted by atomic mass is 10.1. The predicted octanol–water partition coefficient (Wildman–Crippen LogP) is 5.54. The van der Waals surface area contributed by atoms with Crippen molar-refractivity contribution < 1.29 is 22.7 Å². The number of benzene rings is 1. The molecule has 0 unspecified atom stereocenters. The maximum absolute atomic E-state index is 13.3. The van der Waals surface area contributed by atoms with E-state index >= 15 is 0 Å². The number of morpholine rings is 1. The molecule has 0 atom stereocenters. The Labute approximate surface area is 236 Å². The summed E-state index contributed by atoms with van der Waals surface area (Å²) in [6.45, 7) is 4.65. The number of carbonyl (C=O) groups is 1. The Morgan fingerprint density at radius 3 is 2.56 bits per heavy atom. The van der Waals surface area contributed by atoms with Gasteiger partial charge < -0.3 is 25.6 Å². The van der Waals surface area contributed by atoms with Gasteiger partial charge in [0.1, 0.15) is 17.5 Å². The number of aryl methyl sites for hydroxylation is 1. The molecule has 0 saturated carbocycles. The molecule has 214 valence electrons. The summed E-state index contributed by atoms with van der Waals surface area (Å²) in [6, 6.07) is 8.90. The monoisotopic (exact) mass is 588 g/mol. The standard InChI is InChI=1S/C25H24ClF3N10O2/c1-14-10-20(34-21-12-22(38-37-21)39-6-8-41-9-7-39)35-23(31-14)32-16-3-5-19(30-13-16)36-24(40)33-18-4-2-15(26)11-17(18)25(27,28)29/h2-5,10-13H,6-9H2,1H3,(H2,30,33,36,40)(H3,31,32,34,35,37,38). The molecule has 0 radical (unpaired) electrons. The van der Waals surface area contributed by atoms with Crippen molar-refractivity contribution in [2.75, 3.05) is 52.5 Å². The summed E-state index contributed by atoms with van der Waals surface area (Å²) < 4.78 is 45.2. The molecule has 3 aromatic heterocycles. The molecule has 4 heterocycles. The van der Waals surface area contributed by atoms with Crippen LogP contribution in [0.4, 0.5) is 58.6 Å². The maximum Gasteiger partial charge on any atom is 0.418 e. The van der Waals surface area contributed by atoms with E-state index in [1.165, 1.54) is 18.3 Å². The lowest BCUT2D eigenvalue weighted by molar-refractivity contribution is -0.136. The van der Waals surface area contributed by atoms with Gasteiger partial charge in [-0.15, -0.1) is 0 Å². The SMILES string of the molecule is Cc1cc(Nc2cc(N3CCOCC3)n[nH]2)nc(Nc2ccc(NC(=O)Nc3ccc(Cl)cc3C(F)(F)F)nc2)n1. The van der Waals surface area contributed by atoms with E-state index in [9.17, 15) is 18.0 Å². The van der Waals surface area contributed by atoms with Crippen molar-refractivity contribution >= 4 is 58.2 Å². The second-order valence-electron chi connectivity index (χ2n) is 8.91. The van der Waals surface area contributed by atoms with Crippen LogP contribution in [-0.4, -0.2) is 57.5 Å². The Hall–Kier alpha value is -4.63. The van der Waals surface area contributed by atoms with E-state index in [0.29, 0.717) is 42.2 Å². The number of aromatic amines is 1. The topological polar surface area (TPSA) is 145 Å². The Kier molecular flexibility index (Phi) is 8.07. The number of hydrogen-bond donors (Lipinski definition) is 5. The van der Waals surface area contributed by atoms with E-state index < -0.39 is 23.5 Å². The van der Waals surface area contributed by atoms with Crippen LogP contribution in [-0.2, 0) is 10.9 Å². The molecule has 5 N–H and O–H groups in total.